The van der Waals surface area contributed by atoms with E-state index in [9.17, 15) is 9.59 Å². The van der Waals surface area contributed by atoms with Crippen LogP contribution in [-0.4, -0.2) is 44.6 Å². The zero-order chi connectivity index (χ0) is 17.2. The van der Waals surface area contributed by atoms with Crippen LogP contribution in [0.15, 0.2) is 24.3 Å². The number of rotatable bonds is 9. The summed E-state index contributed by atoms with van der Waals surface area (Å²) in [6.07, 6.45) is 0. The van der Waals surface area contributed by atoms with Gasteiger partial charge in [0.1, 0.15) is 5.75 Å². The minimum Gasteiger partial charge on any atom is -0.497 e. The van der Waals surface area contributed by atoms with E-state index in [2.05, 4.69) is 10.6 Å². The maximum absolute atomic E-state index is 12.0. The average molecular weight is 322 g/mol. The van der Waals surface area contributed by atoms with Gasteiger partial charge in [-0.25, -0.2) is 0 Å². The summed E-state index contributed by atoms with van der Waals surface area (Å²) in [5.74, 6) is 0.702. The van der Waals surface area contributed by atoms with Crippen LogP contribution in [0.3, 0.4) is 0 Å². The number of carbonyl (C=O) groups is 2. The molecule has 0 spiro atoms. The van der Waals surface area contributed by atoms with E-state index in [-0.39, 0.29) is 24.4 Å². The Morgan fingerprint density at radius 3 is 2.26 bits per heavy atom. The molecule has 0 aliphatic heterocycles. The van der Waals surface area contributed by atoms with E-state index in [1.807, 2.05) is 45.0 Å². The molecular formula is C17H28N3O3+. The first-order valence-electron chi connectivity index (χ1n) is 7.97. The van der Waals surface area contributed by atoms with Crippen LogP contribution < -0.4 is 20.3 Å². The van der Waals surface area contributed by atoms with Crippen LogP contribution in [0.2, 0.25) is 0 Å². The summed E-state index contributed by atoms with van der Waals surface area (Å²) < 4.78 is 5.10. The lowest BCUT2D eigenvalue weighted by atomic mass is 10.2. The number of amides is 2. The molecule has 6 heteroatoms. The molecule has 2 amide bonds. The molecule has 1 unspecified atom stereocenters. The van der Waals surface area contributed by atoms with E-state index in [1.165, 1.54) is 0 Å². The molecule has 1 atom stereocenters. The van der Waals surface area contributed by atoms with Crippen molar-refractivity contribution in [3.05, 3.63) is 29.8 Å². The van der Waals surface area contributed by atoms with Gasteiger partial charge in [-0.3, -0.25) is 9.59 Å². The van der Waals surface area contributed by atoms with E-state index in [0.717, 1.165) is 22.8 Å². The first-order chi connectivity index (χ1) is 10.9. The molecular weight excluding hydrogens is 294 g/mol. The van der Waals surface area contributed by atoms with Gasteiger partial charge in [0.2, 0.25) is 0 Å². The van der Waals surface area contributed by atoms with Crippen molar-refractivity contribution in [3.8, 4) is 5.75 Å². The normalized spacial score (nSPS) is 11.9. The minimum absolute atomic E-state index is 0.0280. The van der Waals surface area contributed by atoms with Crippen molar-refractivity contribution in [3.63, 3.8) is 0 Å². The summed E-state index contributed by atoms with van der Waals surface area (Å²) in [6, 6.07) is 7.67. The molecule has 0 fully saturated rings. The number of nitrogens with one attached hydrogen (secondary N) is 3. The van der Waals surface area contributed by atoms with Crippen molar-refractivity contribution in [2.75, 3.05) is 26.7 Å². The van der Waals surface area contributed by atoms with Gasteiger partial charge in [-0.1, -0.05) is 12.1 Å². The Morgan fingerprint density at radius 2 is 1.74 bits per heavy atom. The lowest BCUT2D eigenvalue weighted by Gasteiger charge is -2.17. The van der Waals surface area contributed by atoms with Crippen LogP contribution in [0.4, 0.5) is 0 Å². The largest absolute Gasteiger partial charge is 0.497 e. The molecule has 23 heavy (non-hydrogen) atoms. The fraction of sp³-hybridized carbons (Fsp3) is 0.529. The van der Waals surface area contributed by atoms with Gasteiger partial charge in [0, 0.05) is 12.6 Å². The summed E-state index contributed by atoms with van der Waals surface area (Å²) in [6.45, 7) is 7.60. The zero-order valence-electron chi connectivity index (χ0n) is 14.4. The Kier molecular flexibility index (Phi) is 8.11. The predicted octanol–water partition coefficient (Wildman–Crippen LogP) is -0.259. The second kappa shape index (κ2) is 9.84. The molecule has 0 radical (unpaired) electrons. The van der Waals surface area contributed by atoms with Gasteiger partial charge < -0.3 is 20.3 Å². The smallest absolute Gasteiger partial charge is 0.275 e. The third-order valence-corrected chi connectivity index (χ3v) is 3.42. The topological polar surface area (TPSA) is 71.9 Å². The molecule has 0 saturated carbocycles. The van der Waals surface area contributed by atoms with Gasteiger partial charge in [-0.15, -0.1) is 0 Å². The molecule has 0 aliphatic carbocycles. The summed E-state index contributed by atoms with van der Waals surface area (Å²) in [5, 5.41) is 5.73. The van der Waals surface area contributed by atoms with Gasteiger partial charge >= 0.3 is 0 Å². The van der Waals surface area contributed by atoms with Crippen molar-refractivity contribution in [2.45, 2.75) is 33.4 Å². The predicted molar refractivity (Wildman–Crippen MR) is 89.4 cm³/mol. The second-order valence-electron chi connectivity index (χ2n) is 5.80. The first-order valence-corrected chi connectivity index (χ1v) is 7.97. The summed E-state index contributed by atoms with van der Waals surface area (Å²) in [5.41, 5.74) is 1.01. The highest BCUT2D eigenvalue weighted by molar-refractivity contribution is 5.79. The number of methoxy groups -OCH3 is 1. The number of quaternary nitrogens is 1. The van der Waals surface area contributed by atoms with Crippen LogP contribution in [0.25, 0.3) is 0 Å². The van der Waals surface area contributed by atoms with Crippen LogP contribution in [0.1, 0.15) is 26.3 Å². The van der Waals surface area contributed by atoms with E-state index < -0.39 is 0 Å². The maximum atomic E-state index is 12.0. The molecule has 1 aromatic carbocycles. The molecule has 0 bridgehead atoms. The van der Waals surface area contributed by atoms with Crippen molar-refractivity contribution < 1.29 is 19.2 Å². The third-order valence-electron chi connectivity index (χ3n) is 3.42. The standard InChI is InChI=1S/C17H27N3O3/c1-5-20(12-17(22)19-13(2)3)11-16(21)18-10-14-6-8-15(23-4)9-7-14/h6-9,13H,5,10-12H2,1-4H3,(H,18,21)(H,19,22)/p+1. The Hall–Kier alpha value is -2.08. The van der Waals surface area contributed by atoms with Gasteiger partial charge in [0.15, 0.2) is 13.1 Å². The highest BCUT2D eigenvalue weighted by Crippen LogP contribution is 2.10. The molecule has 0 aliphatic rings. The number of likely N-dealkylation sites (N-methyl/N-ethyl adjacent to an activating group) is 1. The van der Waals surface area contributed by atoms with Gasteiger partial charge in [0.05, 0.1) is 13.7 Å². The molecule has 0 saturated heterocycles. The highest BCUT2D eigenvalue weighted by Gasteiger charge is 2.16. The van der Waals surface area contributed by atoms with Crippen molar-refractivity contribution in [1.82, 2.24) is 10.6 Å². The van der Waals surface area contributed by atoms with E-state index in [0.29, 0.717) is 13.1 Å². The number of ether oxygens (including phenoxy) is 1. The van der Waals surface area contributed by atoms with Crippen LogP contribution in [-0.2, 0) is 16.1 Å². The summed E-state index contributed by atoms with van der Waals surface area (Å²) in [4.78, 5) is 24.7. The minimum atomic E-state index is -0.0602. The number of carbonyl (C=O) groups excluding carboxylic acids is 2. The molecule has 0 heterocycles. The van der Waals surface area contributed by atoms with E-state index in [1.54, 1.807) is 7.11 Å². The Bertz CT molecular complexity index is 500. The lowest BCUT2D eigenvalue weighted by Crippen LogP contribution is -3.14. The lowest BCUT2D eigenvalue weighted by molar-refractivity contribution is -0.881. The van der Waals surface area contributed by atoms with E-state index in [4.69, 9.17) is 4.74 Å². The molecule has 3 N–H and O–H groups in total. The summed E-state index contributed by atoms with van der Waals surface area (Å²) in [7, 11) is 1.62. The van der Waals surface area contributed by atoms with Crippen LogP contribution >= 0.6 is 0 Å². The van der Waals surface area contributed by atoms with Crippen molar-refractivity contribution >= 4 is 11.8 Å². The van der Waals surface area contributed by atoms with Crippen LogP contribution in [0, 0.1) is 0 Å². The molecule has 0 aromatic heterocycles. The third kappa shape index (κ3) is 7.65. The zero-order valence-corrected chi connectivity index (χ0v) is 14.4. The average Bonchev–Trinajstić information content (AvgIpc) is 2.52. The molecule has 128 valence electrons. The van der Waals surface area contributed by atoms with Gasteiger partial charge in [-0.2, -0.15) is 0 Å². The maximum Gasteiger partial charge on any atom is 0.275 e. The first kappa shape index (κ1) is 19.0. The Morgan fingerprint density at radius 1 is 1.13 bits per heavy atom. The fourth-order valence-corrected chi connectivity index (χ4v) is 2.15. The quantitative estimate of drug-likeness (QED) is 0.587. The monoisotopic (exact) mass is 322 g/mol. The second-order valence-corrected chi connectivity index (χ2v) is 5.80. The Labute approximate surface area is 138 Å². The Balaban J connectivity index is 2.39. The molecule has 6 nitrogen and oxygen atoms in total. The molecule has 1 aromatic rings. The van der Waals surface area contributed by atoms with Gasteiger partial charge in [0.25, 0.3) is 11.8 Å². The van der Waals surface area contributed by atoms with Crippen LogP contribution in [0.5, 0.6) is 5.75 Å². The summed E-state index contributed by atoms with van der Waals surface area (Å²) >= 11 is 0. The number of hydrogen-bond acceptors (Lipinski definition) is 3. The van der Waals surface area contributed by atoms with Gasteiger partial charge in [-0.05, 0) is 38.5 Å². The fourth-order valence-electron chi connectivity index (χ4n) is 2.15. The molecule has 1 rings (SSSR count). The van der Waals surface area contributed by atoms with Crippen molar-refractivity contribution in [2.24, 2.45) is 0 Å². The van der Waals surface area contributed by atoms with Crippen molar-refractivity contribution in [1.29, 1.82) is 0 Å². The number of hydrogen-bond donors (Lipinski definition) is 3. The van der Waals surface area contributed by atoms with E-state index >= 15 is 0 Å². The highest BCUT2D eigenvalue weighted by atomic mass is 16.5. The SMILES string of the molecule is CC[NH+](CC(=O)NCc1ccc(OC)cc1)CC(=O)NC(C)C. The number of benzene rings is 1.